The van der Waals surface area contributed by atoms with Crippen molar-refractivity contribution in [1.82, 2.24) is 5.32 Å². The average Bonchev–Trinajstić information content (AvgIpc) is 2.94. The van der Waals surface area contributed by atoms with Gasteiger partial charge in [-0.2, -0.15) is 0 Å². The standard InChI is InChI=1S/C22H26N2O6S2/c1-3-30-22(27)24-20(26)18-14-10-6-5-7-12-16(14)31-21(18)23-19(25)15-11-8-9-13-17(15)32(28,29)4-2/h8-9,11,13H,3-7,10,12H2,1-2H3,(H,23,25)(H,24,26,27). The van der Waals surface area contributed by atoms with E-state index in [1.54, 1.807) is 19.1 Å². The van der Waals surface area contributed by atoms with Crippen LogP contribution in [0.2, 0.25) is 0 Å². The van der Waals surface area contributed by atoms with E-state index in [1.807, 2.05) is 0 Å². The van der Waals surface area contributed by atoms with Gasteiger partial charge in [-0.3, -0.25) is 14.9 Å². The molecule has 2 aromatic rings. The Morgan fingerprint density at radius 1 is 1.03 bits per heavy atom. The molecule has 1 aromatic heterocycles. The number of benzene rings is 1. The number of sulfone groups is 1. The van der Waals surface area contributed by atoms with Crippen molar-refractivity contribution in [2.75, 3.05) is 17.7 Å². The van der Waals surface area contributed by atoms with E-state index in [2.05, 4.69) is 10.6 Å². The Balaban J connectivity index is 1.99. The number of carbonyl (C=O) groups excluding carboxylic acids is 3. The minimum atomic E-state index is -3.62. The van der Waals surface area contributed by atoms with E-state index < -0.39 is 27.7 Å². The maximum absolute atomic E-state index is 13.1. The number of alkyl carbamates (subject to hydrolysis) is 1. The van der Waals surface area contributed by atoms with Crippen LogP contribution in [0.3, 0.4) is 0 Å². The maximum atomic E-state index is 13.1. The number of nitrogens with one attached hydrogen (secondary N) is 2. The van der Waals surface area contributed by atoms with Crippen LogP contribution in [0.15, 0.2) is 29.2 Å². The minimum Gasteiger partial charge on any atom is -0.450 e. The summed E-state index contributed by atoms with van der Waals surface area (Å²) in [5, 5.41) is 5.24. The van der Waals surface area contributed by atoms with Gasteiger partial charge in [-0.25, -0.2) is 13.2 Å². The summed E-state index contributed by atoms with van der Waals surface area (Å²) in [4.78, 5) is 38.8. The fourth-order valence-corrected chi connectivity index (χ4v) is 6.02. The van der Waals surface area contributed by atoms with Crippen LogP contribution in [0, 0.1) is 0 Å². The van der Waals surface area contributed by atoms with E-state index >= 15 is 0 Å². The highest BCUT2D eigenvalue weighted by molar-refractivity contribution is 7.91. The smallest absolute Gasteiger partial charge is 0.414 e. The van der Waals surface area contributed by atoms with Crippen molar-refractivity contribution in [1.29, 1.82) is 0 Å². The summed E-state index contributed by atoms with van der Waals surface area (Å²) in [6.07, 6.45) is 3.48. The molecule has 1 aliphatic rings. The van der Waals surface area contributed by atoms with Gasteiger partial charge in [-0.15, -0.1) is 11.3 Å². The van der Waals surface area contributed by atoms with Crippen molar-refractivity contribution < 1.29 is 27.5 Å². The van der Waals surface area contributed by atoms with Gasteiger partial charge in [0.15, 0.2) is 9.84 Å². The van der Waals surface area contributed by atoms with E-state index in [4.69, 9.17) is 4.74 Å². The molecular weight excluding hydrogens is 452 g/mol. The lowest BCUT2D eigenvalue weighted by Crippen LogP contribution is -2.32. The normalized spacial score (nSPS) is 13.6. The van der Waals surface area contributed by atoms with Gasteiger partial charge in [-0.05, 0) is 50.3 Å². The molecule has 0 spiro atoms. The van der Waals surface area contributed by atoms with Gasteiger partial charge >= 0.3 is 6.09 Å². The summed E-state index contributed by atoms with van der Waals surface area (Å²) in [5.74, 6) is -1.41. The Hall–Kier alpha value is -2.72. The Morgan fingerprint density at radius 2 is 1.75 bits per heavy atom. The van der Waals surface area contributed by atoms with Gasteiger partial charge in [0.1, 0.15) is 5.00 Å². The van der Waals surface area contributed by atoms with Crippen molar-refractivity contribution in [3.8, 4) is 0 Å². The first-order valence-corrected chi connectivity index (χ1v) is 13.0. The highest BCUT2D eigenvalue weighted by Gasteiger charge is 2.28. The number of thiophene rings is 1. The number of hydrogen-bond donors (Lipinski definition) is 2. The summed E-state index contributed by atoms with van der Waals surface area (Å²) in [5.41, 5.74) is 1.07. The summed E-state index contributed by atoms with van der Waals surface area (Å²) in [6, 6.07) is 5.98. The summed E-state index contributed by atoms with van der Waals surface area (Å²) >= 11 is 1.29. The van der Waals surface area contributed by atoms with Crippen LogP contribution in [0.5, 0.6) is 0 Å². The molecule has 0 bridgehead atoms. The monoisotopic (exact) mass is 478 g/mol. The molecule has 10 heteroatoms. The predicted octanol–water partition coefficient (Wildman–Crippen LogP) is 3.95. The van der Waals surface area contributed by atoms with Crippen LogP contribution in [-0.2, 0) is 27.4 Å². The first-order chi connectivity index (χ1) is 15.3. The zero-order chi connectivity index (χ0) is 23.3. The Bertz CT molecular complexity index is 1140. The first-order valence-electron chi connectivity index (χ1n) is 10.5. The molecule has 0 atom stereocenters. The zero-order valence-corrected chi connectivity index (χ0v) is 19.7. The van der Waals surface area contributed by atoms with Gasteiger partial charge in [-0.1, -0.05) is 25.5 Å². The molecule has 3 rings (SSSR count). The topological polar surface area (TPSA) is 119 Å². The second-order valence-electron chi connectivity index (χ2n) is 7.30. The molecule has 1 aliphatic carbocycles. The number of ether oxygens (including phenoxy) is 1. The van der Waals surface area contributed by atoms with Crippen LogP contribution in [0.4, 0.5) is 9.80 Å². The number of carbonyl (C=O) groups is 3. The second-order valence-corrected chi connectivity index (χ2v) is 10.6. The molecule has 172 valence electrons. The quantitative estimate of drug-likeness (QED) is 0.607. The first kappa shape index (κ1) is 23.9. The summed E-state index contributed by atoms with van der Waals surface area (Å²) in [7, 11) is -3.62. The van der Waals surface area contributed by atoms with Gasteiger partial charge in [0.25, 0.3) is 11.8 Å². The molecule has 1 aromatic carbocycles. The van der Waals surface area contributed by atoms with Crippen LogP contribution < -0.4 is 10.6 Å². The van der Waals surface area contributed by atoms with E-state index in [9.17, 15) is 22.8 Å². The summed E-state index contributed by atoms with van der Waals surface area (Å²) < 4.78 is 29.7. The number of amides is 3. The lowest BCUT2D eigenvalue weighted by atomic mass is 10.0. The molecule has 32 heavy (non-hydrogen) atoms. The molecule has 0 aliphatic heterocycles. The molecule has 0 fully saturated rings. The van der Waals surface area contributed by atoms with Crippen LogP contribution in [0.25, 0.3) is 0 Å². The molecule has 0 saturated carbocycles. The third-order valence-corrected chi connectivity index (χ3v) is 8.21. The maximum Gasteiger partial charge on any atom is 0.414 e. The highest BCUT2D eigenvalue weighted by Crippen LogP contribution is 2.38. The van der Waals surface area contributed by atoms with Gasteiger partial charge in [0.05, 0.1) is 28.4 Å². The van der Waals surface area contributed by atoms with Crippen LogP contribution in [0.1, 0.15) is 64.3 Å². The van der Waals surface area contributed by atoms with Crippen molar-refractivity contribution in [2.24, 2.45) is 0 Å². The van der Waals surface area contributed by atoms with Gasteiger partial charge < -0.3 is 10.1 Å². The van der Waals surface area contributed by atoms with E-state index in [0.717, 1.165) is 36.1 Å². The lowest BCUT2D eigenvalue weighted by Gasteiger charge is -2.11. The predicted molar refractivity (Wildman–Crippen MR) is 122 cm³/mol. The van der Waals surface area contributed by atoms with E-state index in [0.29, 0.717) is 11.4 Å². The SMILES string of the molecule is CCOC(=O)NC(=O)c1c(NC(=O)c2ccccc2S(=O)(=O)CC)sc2c1CCCCC2. The van der Waals surface area contributed by atoms with Crippen molar-refractivity contribution >= 4 is 44.1 Å². The van der Waals surface area contributed by atoms with Crippen LogP contribution in [-0.4, -0.2) is 38.7 Å². The number of aryl methyl sites for hydroxylation is 1. The van der Waals surface area contributed by atoms with Crippen molar-refractivity contribution in [2.45, 2.75) is 50.8 Å². The summed E-state index contributed by atoms with van der Waals surface area (Å²) in [6.45, 7) is 3.26. The molecule has 8 nitrogen and oxygen atoms in total. The molecular formula is C22H26N2O6S2. The number of fused-ring (bicyclic) bond motifs is 1. The number of hydrogen-bond acceptors (Lipinski definition) is 7. The average molecular weight is 479 g/mol. The third kappa shape index (κ3) is 5.18. The number of imide groups is 1. The Morgan fingerprint density at radius 3 is 2.47 bits per heavy atom. The molecule has 0 saturated heterocycles. The highest BCUT2D eigenvalue weighted by atomic mass is 32.2. The largest absolute Gasteiger partial charge is 0.450 e. The fourth-order valence-electron chi connectivity index (χ4n) is 3.64. The zero-order valence-electron chi connectivity index (χ0n) is 18.0. The molecule has 0 unspecified atom stereocenters. The molecule has 3 amide bonds. The van der Waals surface area contributed by atoms with E-state index in [1.165, 1.54) is 30.4 Å². The van der Waals surface area contributed by atoms with Gasteiger partial charge in [0.2, 0.25) is 0 Å². The molecule has 0 radical (unpaired) electrons. The lowest BCUT2D eigenvalue weighted by molar-refractivity contribution is 0.0925. The van der Waals surface area contributed by atoms with E-state index in [-0.39, 0.29) is 28.4 Å². The molecule has 2 N–H and O–H groups in total. The van der Waals surface area contributed by atoms with Crippen molar-refractivity contribution in [3.05, 3.63) is 45.8 Å². The number of anilines is 1. The number of rotatable bonds is 6. The minimum absolute atomic E-state index is 0.00898. The van der Waals surface area contributed by atoms with Crippen molar-refractivity contribution in [3.63, 3.8) is 0 Å². The Kier molecular flexibility index (Phi) is 7.68. The Labute approximate surface area is 191 Å². The fraction of sp³-hybridized carbons (Fsp3) is 0.409. The third-order valence-electron chi connectivity index (χ3n) is 5.21. The molecule has 1 heterocycles. The van der Waals surface area contributed by atoms with Gasteiger partial charge in [0, 0.05) is 4.88 Å². The second kappa shape index (κ2) is 10.3. The van der Waals surface area contributed by atoms with Crippen LogP contribution >= 0.6 is 11.3 Å².